The van der Waals surface area contributed by atoms with Crippen LogP contribution in [0.4, 0.5) is 0 Å². The van der Waals surface area contributed by atoms with Gasteiger partial charge in [-0.05, 0) is 29.2 Å². The number of nitrogens with zero attached hydrogens (tertiary/aromatic N) is 2. The lowest BCUT2D eigenvalue weighted by Gasteiger charge is -2.37. The molecule has 0 radical (unpaired) electrons. The van der Waals surface area contributed by atoms with E-state index in [0.717, 1.165) is 16.3 Å². The highest BCUT2D eigenvalue weighted by Gasteiger charge is 2.37. The Bertz CT molecular complexity index is 724. The Hall–Kier alpha value is -2.34. The van der Waals surface area contributed by atoms with Crippen LogP contribution >= 0.6 is 0 Å². The Kier molecular flexibility index (Phi) is 4.51. The van der Waals surface area contributed by atoms with Crippen molar-refractivity contribution in [3.63, 3.8) is 0 Å². The molecular weight excluding hydrogens is 272 g/mol. The Morgan fingerprint density at radius 1 is 1.23 bits per heavy atom. The van der Waals surface area contributed by atoms with Crippen molar-refractivity contribution in [1.29, 1.82) is 5.26 Å². The number of hydrogen-bond donors (Lipinski definition) is 0. The number of hydrogen-bond acceptors (Lipinski definition) is 2. The number of carbonyl (C=O) groups is 1. The number of amides is 1. The van der Waals surface area contributed by atoms with Gasteiger partial charge in [-0.3, -0.25) is 4.79 Å². The molecule has 0 bridgehead atoms. The molecule has 0 unspecified atom stereocenters. The molecule has 114 valence electrons. The number of nitriles is 1. The van der Waals surface area contributed by atoms with Gasteiger partial charge in [-0.2, -0.15) is 5.26 Å². The average molecular weight is 294 g/mol. The molecule has 0 aliphatic rings. The molecule has 0 spiro atoms. The molecule has 0 aromatic heterocycles. The molecule has 3 heteroatoms. The Labute approximate surface area is 132 Å². The molecule has 0 fully saturated rings. The van der Waals surface area contributed by atoms with E-state index in [1.54, 1.807) is 4.90 Å². The van der Waals surface area contributed by atoms with Crippen LogP contribution in [0.3, 0.4) is 0 Å². The summed E-state index contributed by atoms with van der Waals surface area (Å²) >= 11 is 0. The summed E-state index contributed by atoms with van der Waals surface area (Å²) in [6.07, 6.45) is 0. The van der Waals surface area contributed by atoms with E-state index in [0.29, 0.717) is 12.5 Å². The predicted octanol–water partition coefficient (Wildman–Crippen LogP) is 4.08. The first-order valence-corrected chi connectivity index (χ1v) is 7.58. The second-order valence-electron chi connectivity index (χ2n) is 6.23. The molecule has 1 amide bonds. The molecule has 1 atom stereocenters. The largest absolute Gasteiger partial charge is 0.320 e. The maximum atomic E-state index is 12.2. The summed E-state index contributed by atoms with van der Waals surface area (Å²) in [5.41, 5.74) is -0.0966. The van der Waals surface area contributed by atoms with E-state index in [1.807, 2.05) is 49.4 Å². The molecule has 0 heterocycles. The van der Waals surface area contributed by atoms with Crippen molar-refractivity contribution in [3.05, 3.63) is 48.0 Å². The minimum atomic E-state index is -0.975. The maximum Gasteiger partial charge on any atom is 0.220 e. The van der Waals surface area contributed by atoms with E-state index in [4.69, 9.17) is 0 Å². The fourth-order valence-corrected chi connectivity index (χ4v) is 2.91. The van der Waals surface area contributed by atoms with Gasteiger partial charge < -0.3 is 4.90 Å². The first kappa shape index (κ1) is 16.0. The second-order valence-corrected chi connectivity index (χ2v) is 6.23. The standard InChI is InChI=1S/C19H22N2O/c1-14(2)12-21(15(3)22)19(4,13-20)18-11-7-9-16-8-5-6-10-17(16)18/h5-11,14H,12H2,1-4H3/t19-/m0/s1. The predicted molar refractivity (Wildman–Crippen MR) is 89.1 cm³/mol. The lowest BCUT2D eigenvalue weighted by Crippen LogP contribution is -2.47. The average Bonchev–Trinajstić information content (AvgIpc) is 2.51. The highest BCUT2D eigenvalue weighted by atomic mass is 16.2. The summed E-state index contributed by atoms with van der Waals surface area (Å²) in [6, 6.07) is 16.3. The molecule has 0 saturated carbocycles. The quantitative estimate of drug-likeness (QED) is 0.852. The number of rotatable bonds is 4. The molecule has 2 rings (SSSR count). The Balaban J connectivity index is 2.66. The van der Waals surface area contributed by atoms with E-state index in [9.17, 15) is 10.1 Å². The SMILES string of the molecule is CC(=O)N(CC(C)C)[C@@](C)(C#N)c1cccc2ccccc12. The minimum Gasteiger partial charge on any atom is -0.320 e. The van der Waals surface area contributed by atoms with E-state index in [1.165, 1.54) is 6.92 Å². The molecule has 3 nitrogen and oxygen atoms in total. The van der Waals surface area contributed by atoms with Crippen LogP contribution in [0.25, 0.3) is 10.8 Å². The van der Waals surface area contributed by atoms with Gasteiger partial charge in [0.05, 0.1) is 6.07 Å². The first-order chi connectivity index (χ1) is 10.4. The molecular formula is C19H22N2O. The summed E-state index contributed by atoms with van der Waals surface area (Å²) < 4.78 is 0. The second kappa shape index (κ2) is 6.19. The van der Waals surface area contributed by atoms with Crippen LogP contribution in [-0.2, 0) is 10.3 Å². The Morgan fingerprint density at radius 2 is 1.86 bits per heavy atom. The smallest absolute Gasteiger partial charge is 0.220 e. The molecule has 2 aromatic rings. The highest BCUT2D eigenvalue weighted by molar-refractivity contribution is 5.88. The Morgan fingerprint density at radius 3 is 2.45 bits per heavy atom. The van der Waals surface area contributed by atoms with Crippen LogP contribution in [0.2, 0.25) is 0 Å². The molecule has 2 aromatic carbocycles. The summed E-state index contributed by atoms with van der Waals surface area (Å²) in [5.74, 6) is 0.220. The van der Waals surface area contributed by atoms with Gasteiger partial charge in [0.2, 0.25) is 5.91 Å². The third-order valence-corrected chi connectivity index (χ3v) is 4.00. The molecule has 22 heavy (non-hydrogen) atoms. The molecule has 0 N–H and O–H groups in total. The summed E-state index contributed by atoms with van der Waals surface area (Å²) in [5, 5.41) is 12.0. The van der Waals surface area contributed by atoms with Crippen LogP contribution < -0.4 is 0 Å². The number of carbonyl (C=O) groups excluding carboxylic acids is 1. The fourth-order valence-electron chi connectivity index (χ4n) is 2.91. The van der Waals surface area contributed by atoms with Gasteiger partial charge in [-0.15, -0.1) is 0 Å². The zero-order valence-corrected chi connectivity index (χ0v) is 13.6. The fraction of sp³-hybridized carbons (Fsp3) is 0.368. The van der Waals surface area contributed by atoms with Crippen molar-refractivity contribution in [2.45, 2.75) is 33.2 Å². The van der Waals surface area contributed by atoms with Gasteiger partial charge in [0.1, 0.15) is 0 Å². The lowest BCUT2D eigenvalue weighted by atomic mass is 9.86. The van der Waals surface area contributed by atoms with Gasteiger partial charge in [-0.25, -0.2) is 0 Å². The zero-order chi connectivity index (χ0) is 16.3. The van der Waals surface area contributed by atoms with Crippen LogP contribution in [0, 0.1) is 17.2 Å². The lowest BCUT2D eigenvalue weighted by molar-refractivity contribution is -0.133. The highest BCUT2D eigenvalue weighted by Crippen LogP contribution is 2.34. The third kappa shape index (κ3) is 2.82. The van der Waals surface area contributed by atoms with E-state index >= 15 is 0 Å². The normalized spacial score (nSPS) is 13.6. The molecule has 0 aliphatic heterocycles. The van der Waals surface area contributed by atoms with Crippen LogP contribution in [0.1, 0.15) is 33.3 Å². The number of fused-ring (bicyclic) bond motifs is 1. The van der Waals surface area contributed by atoms with E-state index in [-0.39, 0.29) is 5.91 Å². The van der Waals surface area contributed by atoms with Gasteiger partial charge in [0.25, 0.3) is 0 Å². The third-order valence-electron chi connectivity index (χ3n) is 4.00. The number of benzene rings is 2. The van der Waals surface area contributed by atoms with Crippen LogP contribution in [0.15, 0.2) is 42.5 Å². The van der Waals surface area contributed by atoms with E-state index < -0.39 is 5.54 Å². The van der Waals surface area contributed by atoms with Gasteiger partial charge in [0.15, 0.2) is 5.54 Å². The summed E-state index contributed by atoms with van der Waals surface area (Å²) in [6.45, 7) is 8.03. The van der Waals surface area contributed by atoms with Crippen molar-refractivity contribution >= 4 is 16.7 Å². The van der Waals surface area contributed by atoms with Crippen LogP contribution in [-0.4, -0.2) is 17.4 Å². The van der Waals surface area contributed by atoms with Gasteiger partial charge in [-0.1, -0.05) is 56.3 Å². The summed E-state index contributed by atoms with van der Waals surface area (Å²) in [4.78, 5) is 13.8. The monoisotopic (exact) mass is 294 g/mol. The van der Waals surface area contributed by atoms with Crippen molar-refractivity contribution in [2.75, 3.05) is 6.54 Å². The first-order valence-electron chi connectivity index (χ1n) is 7.58. The van der Waals surface area contributed by atoms with Crippen molar-refractivity contribution in [2.24, 2.45) is 5.92 Å². The van der Waals surface area contributed by atoms with Crippen molar-refractivity contribution in [1.82, 2.24) is 4.90 Å². The topological polar surface area (TPSA) is 44.1 Å². The van der Waals surface area contributed by atoms with E-state index in [2.05, 4.69) is 19.9 Å². The maximum absolute atomic E-state index is 12.2. The van der Waals surface area contributed by atoms with Gasteiger partial charge in [0, 0.05) is 13.5 Å². The van der Waals surface area contributed by atoms with Crippen molar-refractivity contribution in [3.8, 4) is 6.07 Å². The molecule has 0 saturated heterocycles. The summed E-state index contributed by atoms with van der Waals surface area (Å²) in [7, 11) is 0. The molecule has 0 aliphatic carbocycles. The minimum absolute atomic E-state index is 0.0781. The van der Waals surface area contributed by atoms with Crippen LogP contribution in [0.5, 0.6) is 0 Å². The van der Waals surface area contributed by atoms with Gasteiger partial charge >= 0.3 is 0 Å². The zero-order valence-electron chi connectivity index (χ0n) is 13.6. The van der Waals surface area contributed by atoms with Crippen molar-refractivity contribution < 1.29 is 4.79 Å².